The number of methoxy groups -OCH3 is 1. The molecule has 2 aromatic heterocycles. The van der Waals surface area contributed by atoms with Crippen LogP contribution in [0.4, 0.5) is 5.95 Å². The number of H-pyrrole nitrogens is 1. The molecule has 1 amide bonds. The molecule has 0 aromatic carbocycles. The minimum Gasteiger partial charge on any atom is -0.466 e. The second-order valence-corrected chi connectivity index (χ2v) is 2.73. The van der Waals surface area contributed by atoms with Gasteiger partial charge in [0.2, 0.25) is 11.9 Å². The van der Waals surface area contributed by atoms with Gasteiger partial charge in [-0.1, -0.05) is 0 Å². The summed E-state index contributed by atoms with van der Waals surface area (Å²) in [5, 5.41) is 19.0. The lowest BCUT2D eigenvalue weighted by Gasteiger charge is -1.99. The molecule has 0 atom stereocenters. The van der Waals surface area contributed by atoms with E-state index in [-0.39, 0.29) is 24.4 Å². The van der Waals surface area contributed by atoms with E-state index in [2.05, 4.69) is 36.0 Å². The number of ether oxygens (including phenoxy) is 1. The number of hydrogen-bond acceptors (Lipinski definition) is 7. The lowest BCUT2D eigenvalue weighted by molar-refractivity contribution is -0.117. The van der Waals surface area contributed by atoms with Crippen molar-refractivity contribution in [3.8, 4) is 6.01 Å². The Morgan fingerprint density at radius 2 is 2.56 bits per heavy atom. The summed E-state index contributed by atoms with van der Waals surface area (Å²) in [4.78, 5) is 15.2. The van der Waals surface area contributed by atoms with Crippen molar-refractivity contribution in [2.45, 2.75) is 6.54 Å². The highest BCUT2D eigenvalue weighted by Gasteiger charge is 2.08. The lowest BCUT2D eigenvalue weighted by Crippen LogP contribution is -2.19. The van der Waals surface area contributed by atoms with Crippen molar-refractivity contribution in [2.75, 3.05) is 12.4 Å². The Bertz CT molecular complexity index is 463. The van der Waals surface area contributed by atoms with Gasteiger partial charge in [0.25, 0.3) is 0 Å². The Balaban J connectivity index is 1.92. The molecule has 2 N–H and O–H groups in total. The number of nitrogens with one attached hydrogen (secondary N) is 2. The number of anilines is 1. The number of aromatic amines is 1. The van der Waals surface area contributed by atoms with Crippen LogP contribution in [0.3, 0.4) is 0 Å². The molecule has 0 fully saturated rings. The molecule has 0 spiro atoms. The van der Waals surface area contributed by atoms with Crippen LogP contribution in [0.2, 0.25) is 0 Å². The Hall–Kier alpha value is -2.52. The molecule has 2 rings (SSSR count). The second kappa shape index (κ2) is 4.33. The van der Waals surface area contributed by atoms with E-state index in [4.69, 9.17) is 4.74 Å². The number of hydrogen-bond donors (Lipinski definition) is 2. The Morgan fingerprint density at radius 1 is 1.69 bits per heavy atom. The zero-order chi connectivity index (χ0) is 11.4. The average Bonchev–Trinajstić information content (AvgIpc) is 2.89. The van der Waals surface area contributed by atoms with Crippen LogP contribution in [-0.2, 0) is 11.3 Å². The van der Waals surface area contributed by atoms with Crippen molar-refractivity contribution in [3.63, 3.8) is 0 Å². The van der Waals surface area contributed by atoms with E-state index >= 15 is 0 Å². The molecule has 84 valence electrons. The fourth-order valence-electron chi connectivity index (χ4n) is 0.965. The molecule has 0 saturated heterocycles. The maximum atomic E-state index is 11.4. The van der Waals surface area contributed by atoms with Crippen molar-refractivity contribution in [2.24, 2.45) is 0 Å². The summed E-state index contributed by atoms with van der Waals surface area (Å²) >= 11 is 0. The van der Waals surface area contributed by atoms with Gasteiger partial charge >= 0.3 is 6.01 Å². The number of rotatable bonds is 4. The van der Waals surface area contributed by atoms with E-state index in [9.17, 15) is 4.79 Å². The molecule has 2 aromatic rings. The second-order valence-electron chi connectivity index (χ2n) is 2.73. The van der Waals surface area contributed by atoms with E-state index < -0.39 is 0 Å². The molecule has 0 unspecified atom stereocenters. The van der Waals surface area contributed by atoms with Crippen LogP contribution in [0.1, 0.15) is 0 Å². The molecule has 10 nitrogen and oxygen atoms in total. The SMILES string of the molecule is COc1n[nH]c(NC(=O)Cn2cnnn2)n1. The maximum absolute atomic E-state index is 11.4. The van der Waals surface area contributed by atoms with Crippen LogP contribution >= 0.6 is 0 Å². The molecule has 0 bridgehead atoms. The first-order valence-corrected chi connectivity index (χ1v) is 4.25. The van der Waals surface area contributed by atoms with Gasteiger partial charge in [-0.2, -0.15) is 4.98 Å². The van der Waals surface area contributed by atoms with Gasteiger partial charge in [0.05, 0.1) is 7.11 Å². The third-order valence-corrected chi connectivity index (χ3v) is 1.60. The molecule has 2 heterocycles. The third kappa shape index (κ3) is 2.29. The van der Waals surface area contributed by atoms with Crippen molar-refractivity contribution in [3.05, 3.63) is 6.33 Å². The Labute approximate surface area is 89.0 Å². The first kappa shape index (κ1) is 10.0. The van der Waals surface area contributed by atoms with Crippen LogP contribution in [0.25, 0.3) is 0 Å². The number of tetrazole rings is 1. The molecule has 0 aliphatic rings. The fraction of sp³-hybridized carbons (Fsp3) is 0.333. The van der Waals surface area contributed by atoms with E-state index in [1.165, 1.54) is 18.1 Å². The van der Waals surface area contributed by atoms with Gasteiger partial charge in [-0.05, 0) is 10.4 Å². The van der Waals surface area contributed by atoms with E-state index in [1.807, 2.05) is 0 Å². The highest BCUT2D eigenvalue weighted by molar-refractivity contribution is 5.88. The van der Waals surface area contributed by atoms with E-state index in [0.717, 1.165) is 0 Å². The monoisotopic (exact) mass is 224 g/mol. The largest absolute Gasteiger partial charge is 0.466 e. The van der Waals surface area contributed by atoms with Gasteiger partial charge in [-0.25, -0.2) is 9.78 Å². The van der Waals surface area contributed by atoms with Crippen LogP contribution in [0.5, 0.6) is 6.01 Å². The number of aromatic nitrogens is 7. The smallest absolute Gasteiger partial charge is 0.336 e. The van der Waals surface area contributed by atoms with E-state index in [0.29, 0.717) is 0 Å². The summed E-state index contributed by atoms with van der Waals surface area (Å²) in [6.07, 6.45) is 1.33. The number of nitrogens with zero attached hydrogens (tertiary/aromatic N) is 6. The van der Waals surface area contributed by atoms with Gasteiger partial charge in [0, 0.05) is 0 Å². The van der Waals surface area contributed by atoms with Gasteiger partial charge < -0.3 is 4.74 Å². The van der Waals surface area contributed by atoms with Crippen LogP contribution in [0.15, 0.2) is 6.33 Å². The molecular weight excluding hydrogens is 216 g/mol. The van der Waals surface area contributed by atoms with Crippen molar-refractivity contribution < 1.29 is 9.53 Å². The first-order valence-electron chi connectivity index (χ1n) is 4.25. The molecule has 0 aliphatic carbocycles. The van der Waals surface area contributed by atoms with Crippen LogP contribution < -0.4 is 10.1 Å². The summed E-state index contributed by atoms with van der Waals surface area (Å²) in [5.41, 5.74) is 0. The highest BCUT2D eigenvalue weighted by atomic mass is 16.5. The predicted molar refractivity (Wildman–Crippen MR) is 49.4 cm³/mol. The summed E-state index contributed by atoms with van der Waals surface area (Å²) < 4.78 is 6.02. The molecule has 16 heavy (non-hydrogen) atoms. The minimum atomic E-state index is -0.328. The lowest BCUT2D eigenvalue weighted by atomic mass is 10.6. The standard InChI is InChI=1S/C6H8N8O2/c1-16-6-9-5(10-11-6)8-4(15)2-14-3-7-12-13-14/h3H,2H2,1H3,(H2,8,9,10,11,15). The van der Waals surface area contributed by atoms with Crippen LogP contribution in [-0.4, -0.2) is 48.4 Å². The maximum Gasteiger partial charge on any atom is 0.336 e. The molecule has 10 heteroatoms. The summed E-state index contributed by atoms with van der Waals surface area (Å²) in [6.45, 7) is -0.00395. The normalized spacial score (nSPS) is 10.1. The van der Waals surface area contributed by atoms with Crippen molar-refractivity contribution in [1.29, 1.82) is 0 Å². The molecular formula is C6H8N8O2. The first-order chi connectivity index (χ1) is 7.78. The highest BCUT2D eigenvalue weighted by Crippen LogP contribution is 2.04. The Morgan fingerprint density at radius 3 is 3.19 bits per heavy atom. The van der Waals surface area contributed by atoms with Crippen molar-refractivity contribution in [1.82, 2.24) is 35.4 Å². The Kier molecular flexibility index (Phi) is 2.71. The van der Waals surface area contributed by atoms with Gasteiger partial charge in [-0.15, -0.1) is 10.2 Å². The summed E-state index contributed by atoms with van der Waals surface area (Å²) in [7, 11) is 1.43. The zero-order valence-electron chi connectivity index (χ0n) is 8.28. The molecule has 0 saturated carbocycles. The third-order valence-electron chi connectivity index (χ3n) is 1.60. The molecule has 0 aliphatic heterocycles. The summed E-state index contributed by atoms with van der Waals surface area (Å²) in [6, 6.07) is 0.151. The summed E-state index contributed by atoms with van der Waals surface area (Å²) in [5.74, 6) is -0.124. The predicted octanol–water partition coefficient (Wildman–Crippen LogP) is -1.56. The average molecular weight is 224 g/mol. The van der Waals surface area contributed by atoms with Crippen LogP contribution in [0, 0.1) is 0 Å². The minimum absolute atomic E-state index is 0.00395. The van der Waals surface area contributed by atoms with Gasteiger partial charge in [0.1, 0.15) is 12.9 Å². The number of carbonyl (C=O) groups is 1. The quantitative estimate of drug-likeness (QED) is 0.643. The zero-order valence-corrected chi connectivity index (χ0v) is 8.28. The number of amides is 1. The number of carbonyl (C=O) groups excluding carboxylic acids is 1. The topological polar surface area (TPSA) is 124 Å². The van der Waals surface area contributed by atoms with Gasteiger partial charge in [0.15, 0.2) is 0 Å². The van der Waals surface area contributed by atoms with Crippen molar-refractivity contribution >= 4 is 11.9 Å². The fourth-order valence-corrected chi connectivity index (χ4v) is 0.965. The van der Waals surface area contributed by atoms with Gasteiger partial charge in [-0.3, -0.25) is 10.1 Å². The molecule has 0 radical (unpaired) electrons. The van der Waals surface area contributed by atoms with E-state index in [1.54, 1.807) is 0 Å².